The summed E-state index contributed by atoms with van der Waals surface area (Å²) in [6.45, 7) is 4.44. The second-order valence-electron chi connectivity index (χ2n) is 9.83. The zero-order valence-electron chi connectivity index (χ0n) is 20.8. The first kappa shape index (κ1) is 26.0. The van der Waals surface area contributed by atoms with E-state index < -0.39 is 15.8 Å². The minimum absolute atomic E-state index is 0.0476. The van der Waals surface area contributed by atoms with Crippen LogP contribution in [0.3, 0.4) is 0 Å². The van der Waals surface area contributed by atoms with Gasteiger partial charge in [-0.2, -0.15) is 4.31 Å². The second-order valence-corrected chi connectivity index (χ2v) is 12.2. The number of fused-ring (bicyclic) bond motifs is 2. The third-order valence-corrected chi connectivity index (χ3v) is 8.84. The topological polar surface area (TPSA) is 107 Å². The first-order chi connectivity index (χ1) is 17.5. The molecule has 2 saturated heterocycles. The van der Waals surface area contributed by atoms with Gasteiger partial charge in [0.25, 0.3) is 5.91 Å². The second kappa shape index (κ2) is 9.57. The number of rotatable bonds is 3. The molecule has 0 spiro atoms. The van der Waals surface area contributed by atoms with Crippen molar-refractivity contribution in [2.45, 2.75) is 19.0 Å². The van der Waals surface area contributed by atoms with Gasteiger partial charge in [0.1, 0.15) is 40.3 Å². The molecule has 1 N–H and O–H groups in total. The van der Waals surface area contributed by atoms with E-state index in [0.29, 0.717) is 19.6 Å². The maximum Gasteiger partial charge on any atom is 0.261 e. The molecule has 4 heterocycles. The summed E-state index contributed by atoms with van der Waals surface area (Å²) in [6.07, 6.45) is 1.16. The first-order valence-corrected chi connectivity index (χ1v) is 14.3. The van der Waals surface area contributed by atoms with Crippen molar-refractivity contribution in [1.29, 1.82) is 0 Å². The number of likely N-dealkylation sites (N-methyl/N-ethyl adjacent to an activating group) is 1. The molecule has 0 unspecified atom stereocenters. The Bertz CT molecular complexity index is 1340. The molecular weight excluding hydrogens is 525 g/mol. The summed E-state index contributed by atoms with van der Waals surface area (Å²) in [4.78, 5) is 24.3. The molecule has 0 aliphatic carbocycles. The van der Waals surface area contributed by atoms with Gasteiger partial charge < -0.3 is 24.5 Å². The Balaban J connectivity index is 1.69. The van der Waals surface area contributed by atoms with Crippen molar-refractivity contribution in [3.63, 3.8) is 0 Å². The molecular formula is C24H29ClFN5O5S. The van der Waals surface area contributed by atoms with Crippen molar-refractivity contribution in [2.24, 2.45) is 0 Å². The number of hydrogen-bond acceptors (Lipinski definition) is 8. The molecule has 0 saturated carbocycles. The van der Waals surface area contributed by atoms with Crippen LogP contribution in [0, 0.1) is 5.82 Å². The first-order valence-electron chi connectivity index (χ1n) is 12.0. The number of hydrogen-bond donors (Lipinski definition) is 1. The zero-order chi connectivity index (χ0) is 26.6. The van der Waals surface area contributed by atoms with Gasteiger partial charge in [-0.1, -0.05) is 17.7 Å². The highest BCUT2D eigenvalue weighted by Gasteiger charge is 2.41. The molecule has 1 amide bonds. The molecule has 10 nitrogen and oxygen atoms in total. The number of anilines is 1. The average Bonchev–Trinajstić information content (AvgIpc) is 2.96. The van der Waals surface area contributed by atoms with Gasteiger partial charge in [-0.3, -0.25) is 4.79 Å². The molecule has 2 aromatic rings. The summed E-state index contributed by atoms with van der Waals surface area (Å²) in [7, 11) is -1.44. The van der Waals surface area contributed by atoms with Crippen LogP contribution in [0.15, 0.2) is 18.2 Å². The lowest BCUT2D eigenvalue weighted by molar-refractivity contribution is 0.0442. The van der Waals surface area contributed by atoms with Crippen molar-refractivity contribution in [2.75, 3.05) is 64.1 Å². The number of sulfonamides is 1. The van der Waals surface area contributed by atoms with E-state index in [-0.39, 0.29) is 83.4 Å². The monoisotopic (exact) mass is 553 g/mol. The number of carbonyl (C=O) groups excluding carboxylic acids is 1. The van der Waals surface area contributed by atoms with Gasteiger partial charge in [0.15, 0.2) is 5.75 Å². The molecule has 37 heavy (non-hydrogen) atoms. The van der Waals surface area contributed by atoms with Gasteiger partial charge in [-0.05, 0) is 26.1 Å². The Morgan fingerprint density at radius 1 is 1.14 bits per heavy atom. The van der Waals surface area contributed by atoms with Crippen LogP contribution in [-0.4, -0.2) is 110 Å². The van der Waals surface area contributed by atoms with E-state index in [1.165, 1.54) is 22.5 Å². The maximum atomic E-state index is 15.0. The number of amides is 1. The number of nitrogens with zero attached hydrogens (tertiary/aromatic N) is 5. The van der Waals surface area contributed by atoms with Gasteiger partial charge in [0, 0.05) is 45.3 Å². The molecule has 0 radical (unpaired) electrons. The number of phenolic OH excluding ortho intramolecular Hbond substituents is 1. The van der Waals surface area contributed by atoms with Gasteiger partial charge in [-0.15, -0.1) is 0 Å². The zero-order valence-corrected chi connectivity index (χ0v) is 22.4. The van der Waals surface area contributed by atoms with Crippen molar-refractivity contribution < 1.29 is 27.4 Å². The largest absolute Gasteiger partial charge is 0.507 e. The Labute approximate surface area is 220 Å². The molecule has 3 aliphatic heterocycles. The Morgan fingerprint density at radius 2 is 1.86 bits per heavy atom. The minimum atomic E-state index is -3.41. The van der Waals surface area contributed by atoms with Crippen molar-refractivity contribution in [3.8, 4) is 22.8 Å². The molecule has 0 bridgehead atoms. The Kier molecular flexibility index (Phi) is 6.71. The summed E-state index contributed by atoms with van der Waals surface area (Å²) in [5.74, 6) is -1.06. The highest BCUT2D eigenvalue weighted by atomic mass is 35.5. The quantitative estimate of drug-likeness (QED) is 0.614. The lowest BCUT2D eigenvalue weighted by atomic mass is 10.0. The number of pyridine rings is 1. The number of benzene rings is 1. The van der Waals surface area contributed by atoms with Crippen LogP contribution in [0.4, 0.5) is 10.2 Å². The summed E-state index contributed by atoms with van der Waals surface area (Å²) in [6, 6.07) is 3.31. The number of piperazine rings is 2. The highest BCUT2D eigenvalue weighted by Crippen LogP contribution is 2.46. The van der Waals surface area contributed by atoms with E-state index >= 15 is 0 Å². The third kappa shape index (κ3) is 4.60. The number of ether oxygens (including phenoxy) is 1. The van der Waals surface area contributed by atoms with E-state index in [4.69, 9.17) is 16.3 Å². The molecule has 1 aromatic carbocycles. The number of halogens is 2. The predicted octanol–water partition coefficient (Wildman–Crippen LogP) is 1.87. The van der Waals surface area contributed by atoms with Gasteiger partial charge in [0.2, 0.25) is 10.0 Å². The van der Waals surface area contributed by atoms with E-state index in [0.717, 1.165) is 6.26 Å². The number of aromatic nitrogens is 1. The van der Waals surface area contributed by atoms with Crippen molar-refractivity contribution >= 4 is 33.3 Å². The van der Waals surface area contributed by atoms with Gasteiger partial charge >= 0.3 is 0 Å². The highest BCUT2D eigenvalue weighted by molar-refractivity contribution is 7.88. The molecule has 200 valence electrons. The molecule has 1 aromatic heterocycles. The summed E-state index contributed by atoms with van der Waals surface area (Å²) >= 11 is 6.75. The van der Waals surface area contributed by atoms with Crippen LogP contribution in [0.2, 0.25) is 5.02 Å². The lowest BCUT2D eigenvalue weighted by Crippen LogP contribution is -2.56. The smallest absolute Gasteiger partial charge is 0.261 e. The predicted molar refractivity (Wildman–Crippen MR) is 137 cm³/mol. The Morgan fingerprint density at radius 3 is 2.54 bits per heavy atom. The van der Waals surface area contributed by atoms with E-state index in [1.54, 1.807) is 4.90 Å². The SMILES string of the molecule is C[C@H]1CN(S(C)(=O)=O)CCN1c1nc(-c2c(O)cccc2F)c(Cl)c2c1C(=O)N1CCN(C)C[C@@H]1CO2. The maximum absolute atomic E-state index is 15.0. The van der Waals surface area contributed by atoms with Gasteiger partial charge in [-0.25, -0.2) is 17.8 Å². The molecule has 2 fully saturated rings. The summed E-state index contributed by atoms with van der Waals surface area (Å²) < 4.78 is 46.8. The molecule has 3 aliphatic rings. The molecule has 5 rings (SSSR count). The molecule has 2 atom stereocenters. The fraction of sp³-hybridized carbons (Fsp3) is 0.500. The fourth-order valence-corrected chi connectivity index (χ4v) is 6.45. The minimum Gasteiger partial charge on any atom is -0.507 e. The summed E-state index contributed by atoms with van der Waals surface area (Å²) in [5.41, 5.74) is -0.0819. The third-order valence-electron chi connectivity index (χ3n) is 7.22. The van der Waals surface area contributed by atoms with Crippen LogP contribution < -0.4 is 9.64 Å². The molecule has 13 heteroatoms. The summed E-state index contributed by atoms with van der Waals surface area (Å²) in [5, 5.41) is 10.4. The number of carbonyl (C=O) groups is 1. The van der Waals surface area contributed by atoms with Crippen molar-refractivity contribution in [3.05, 3.63) is 34.6 Å². The normalized spacial score (nSPS) is 23.3. The number of phenols is 1. The van der Waals surface area contributed by atoms with Gasteiger partial charge in [0.05, 0.1) is 17.9 Å². The van der Waals surface area contributed by atoms with Crippen LogP contribution in [-0.2, 0) is 10.0 Å². The van der Waals surface area contributed by atoms with E-state index in [9.17, 15) is 22.7 Å². The number of aromatic hydroxyl groups is 1. The lowest BCUT2D eigenvalue weighted by Gasteiger charge is -2.41. The van der Waals surface area contributed by atoms with Crippen molar-refractivity contribution in [1.82, 2.24) is 19.1 Å². The Hall–Kier alpha value is -2.67. The average molecular weight is 554 g/mol. The van der Waals surface area contributed by atoms with Crippen LogP contribution in [0.5, 0.6) is 11.5 Å². The van der Waals surface area contributed by atoms with Crippen LogP contribution in [0.25, 0.3) is 11.3 Å². The van der Waals surface area contributed by atoms with E-state index in [2.05, 4.69) is 9.88 Å². The fourth-order valence-electron chi connectivity index (χ4n) is 5.26. The standard InChI is InChI=1S/C24H29ClFN5O5S/c1-14-11-29(37(3,34)35)8-10-30(14)23-19-22(36-13-15-12-28(2)7-9-31(15)24(19)33)20(25)21(27-23)18-16(26)5-4-6-17(18)32/h4-6,14-15,32H,7-13H2,1-3H3/t14-,15+/m0/s1. The van der Waals surface area contributed by atoms with Crippen LogP contribution >= 0.6 is 11.6 Å². The van der Waals surface area contributed by atoms with Crippen LogP contribution in [0.1, 0.15) is 17.3 Å². The van der Waals surface area contributed by atoms with E-state index in [1.807, 2.05) is 18.9 Å².